The lowest BCUT2D eigenvalue weighted by Crippen LogP contribution is -2.22. The normalized spacial score (nSPS) is 11.0. The smallest absolute Gasteiger partial charge is 0.193 e. The average molecular weight is 487 g/mol. The van der Waals surface area contributed by atoms with E-state index in [0.717, 1.165) is 16.8 Å². The van der Waals surface area contributed by atoms with Crippen molar-refractivity contribution in [2.75, 3.05) is 5.32 Å². The highest BCUT2D eigenvalue weighted by Crippen LogP contribution is 2.10. The highest BCUT2D eigenvalue weighted by Gasteiger charge is 1.98. The number of halogens is 1. The Labute approximate surface area is 183 Å². The number of hydrogen-bond donors (Lipinski definition) is 2. The fraction of sp³-hybridized carbons (Fsp3) is 0.174. The second-order valence-corrected chi connectivity index (χ2v) is 6.49. The summed E-state index contributed by atoms with van der Waals surface area (Å²) in [5.41, 5.74) is 11.5. The van der Waals surface area contributed by atoms with Crippen LogP contribution in [0.4, 0.5) is 5.69 Å². The predicted octanol–water partition coefficient (Wildman–Crippen LogP) is 5.26. The molecule has 0 fully saturated rings. The van der Waals surface area contributed by atoms with Crippen LogP contribution in [0.15, 0.2) is 83.9 Å². The minimum Gasteiger partial charge on any atom is -0.372 e. The number of rotatable bonds is 7. The monoisotopic (exact) mass is 487 g/mol. The van der Waals surface area contributed by atoms with Crippen molar-refractivity contribution in [3.8, 4) is 0 Å². The van der Waals surface area contributed by atoms with Gasteiger partial charge in [0.05, 0.1) is 19.8 Å². The van der Waals surface area contributed by atoms with Crippen LogP contribution >= 0.6 is 24.0 Å². The van der Waals surface area contributed by atoms with Crippen LogP contribution in [0, 0.1) is 6.92 Å². The van der Waals surface area contributed by atoms with Gasteiger partial charge >= 0.3 is 0 Å². The van der Waals surface area contributed by atoms with Crippen molar-refractivity contribution in [1.29, 1.82) is 0 Å². The van der Waals surface area contributed by atoms with E-state index in [1.165, 1.54) is 11.1 Å². The molecule has 3 rings (SSSR count). The summed E-state index contributed by atoms with van der Waals surface area (Å²) in [5.74, 6) is 0.411. The van der Waals surface area contributed by atoms with Crippen LogP contribution in [0.5, 0.6) is 0 Å². The van der Waals surface area contributed by atoms with E-state index in [2.05, 4.69) is 53.6 Å². The lowest BCUT2D eigenvalue weighted by molar-refractivity contribution is 0.107. The Kier molecular flexibility index (Phi) is 8.97. The summed E-state index contributed by atoms with van der Waals surface area (Å²) < 4.78 is 5.76. The van der Waals surface area contributed by atoms with Gasteiger partial charge in [-0.1, -0.05) is 72.3 Å². The van der Waals surface area contributed by atoms with Gasteiger partial charge in [-0.05, 0) is 35.7 Å². The molecule has 146 valence electrons. The lowest BCUT2D eigenvalue weighted by atomic mass is 10.1. The molecule has 0 aliphatic rings. The minimum atomic E-state index is 0. The molecule has 3 aromatic carbocycles. The largest absolute Gasteiger partial charge is 0.372 e. The van der Waals surface area contributed by atoms with E-state index >= 15 is 0 Å². The molecule has 5 heteroatoms. The number of ether oxygens (including phenoxy) is 1. The summed E-state index contributed by atoms with van der Waals surface area (Å²) in [7, 11) is 0. The van der Waals surface area contributed by atoms with Crippen molar-refractivity contribution < 1.29 is 4.74 Å². The summed E-state index contributed by atoms with van der Waals surface area (Å²) in [6.45, 7) is 3.80. The molecule has 0 heterocycles. The molecule has 0 bridgehead atoms. The van der Waals surface area contributed by atoms with Crippen LogP contribution in [0.25, 0.3) is 0 Å². The van der Waals surface area contributed by atoms with Crippen molar-refractivity contribution >= 4 is 35.6 Å². The molecule has 0 aliphatic carbocycles. The Morgan fingerprint density at radius 1 is 0.821 bits per heavy atom. The van der Waals surface area contributed by atoms with Crippen LogP contribution < -0.4 is 11.1 Å². The summed E-state index contributed by atoms with van der Waals surface area (Å²) in [6, 6.07) is 26.5. The third kappa shape index (κ3) is 7.32. The Hall–Kier alpha value is -2.38. The second-order valence-electron chi connectivity index (χ2n) is 6.49. The standard InChI is InChI=1S/C23H25N3O.HI/c1-18-7-13-22(14-8-18)26-23(24)25-15-19-9-11-21(12-10-19)17-27-16-20-5-3-2-4-6-20;/h2-14H,15-17H2,1H3,(H3,24,25,26);1H. The zero-order valence-electron chi connectivity index (χ0n) is 16.0. The number of benzene rings is 3. The molecule has 0 saturated heterocycles. The first-order valence-corrected chi connectivity index (χ1v) is 9.02. The Balaban J connectivity index is 0.00000280. The van der Waals surface area contributed by atoms with Crippen molar-refractivity contribution in [2.45, 2.75) is 26.7 Å². The van der Waals surface area contributed by atoms with Gasteiger partial charge in [0, 0.05) is 5.69 Å². The van der Waals surface area contributed by atoms with E-state index in [-0.39, 0.29) is 24.0 Å². The minimum absolute atomic E-state index is 0. The van der Waals surface area contributed by atoms with E-state index in [1.54, 1.807) is 0 Å². The third-order valence-corrected chi connectivity index (χ3v) is 4.16. The number of aliphatic imine (C=N–C) groups is 1. The average Bonchev–Trinajstić information content (AvgIpc) is 2.70. The molecule has 0 atom stereocenters. The van der Waals surface area contributed by atoms with Crippen molar-refractivity contribution in [3.05, 3.63) is 101 Å². The molecule has 0 unspecified atom stereocenters. The first-order chi connectivity index (χ1) is 13.2. The highest BCUT2D eigenvalue weighted by molar-refractivity contribution is 14.0. The van der Waals surface area contributed by atoms with Crippen LogP contribution in [-0.2, 0) is 24.5 Å². The maximum absolute atomic E-state index is 5.96. The van der Waals surface area contributed by atoms with Gasteiger partial charge in [-0.15, -0.1) is 24.0 Å². The molecular weight excluding hydrogens is 461 g/mol. The summed E-state index contributed by atoms with van der Waals surface area (Å²) in [5, 5.41) is 3.10. The van der Waals surface area contributed by atoms with Crippen LogP contribution in [0.2, 0.25) is 0 Å². The molecule has 0 spiro atoms. The Morgan fingerprint density at radius 2 is 1.39 bits per heavy atom. The summed E-state index contributed by atoms with van der Waals surface area (Å²) >= 11 is 0. The van der Waals surface area contributed by atoms with Gasteiger partial charge in [-0.3, -0.25) is 0 Å². The second kappa shape index (κ2) is 11.5. The van der Waals surface area contributed by atoms with Gasteiger partial charge in [-0.25, -0.2) is 4.99 Å². The molecule has 28 heavy (non-hydrogen) atoms. The van der Waals surface area contributed by atoms with Crippen LogP contribution in [-0.4, -0.2) is 5.96 Å². The number of anilines is 1. The third-order valence-electron chi connectivity index (χ3n) is 4.16. The highest BCUT2D eigenvalue weighted by atomic mass is 127. The first-order valence-electron chi connectivity index (χ1n) is 9.02. The number of hydrogen-bond acceptors (Lipinski definition) is 2. The van der Waals surface area contributed by atoms with E-state index in [0.29, 0.717) is 25.7 Å². The van der Waals surface area contributed by atoms with E-state index < -0.39 is 0 Å². The molecule has 0 amide bonds. The predicted molar refractivity (Wildman–Crippen MR) is 127 cm³/mol. The van der Waals surface area contributed by atoms with E-state index in [9.17, 15) is 0 Å². The zero-order chi connectivity index (χ0) is 18.9. The number of aryl methyl sites for hydroxylation is 1. The van der Waals surface area contributed by atoms with Gasteiger partial charge in [-0.2, -0.15) is 0 Å². The van der Waals surface area contributed by atoms with Gasteiger partial charge in [0.1, 0.15) is 0 Å². The number of guanidine groups is 1. The van der Waals surface area contributed by atoms with Crippen molar-refractivity contribution in [3.63, 3.8) is 0 Å². The summed E-state index contributed by atoms with van der Waals surface area (Å²) in [6.07, 6.45) is 0. The SMILES string of the molecule is Cc1ccc(NC(N)=NCc2ccc(COCc3ccccc3)cc2)cc1.I. The fourth-order valence-electron chi connectivity index (χ4n) is 2.60. The van der Waals surface area contributed by atoms with Gasteiger partial charge in [0.25, 0.3) is 0 Å². The summed E-state index contributed by atoms with van der Waals surface area (Å²) in [4.78, 5) is 4.40. The molecule has 4 nitrogen and oxygen atoms in total. The van der Waals surface area contributed by atoms with Crippen LogP contribution in [0.3, 0.4) is 0 Å². The van der Waals surface area contributed by atoms with Crippen LogP contribution in [0.1, 0.15) is 22.3 Å². The lowest BCUT2D eigenvalue weighted by Gasteiger charge is -2.07. The zero-order valence-corrected chi connectivity index (χ0v) is 18.3. The van der Waals surface area contributed by atoms with Gasteiger partial charge in [0.15, 0.2) is 5.96 Å². The molecular formula is C23H26IN3O. The van der Waals surface area contributed by atoms with Gasteiger partial charge < -0.3 is 15.8 Å². The van der Waals surface area contributed by atoms with E-state index in [1.807, 2.05) is 42.5 Å². The quantitative estimate of drug-likeness (QED) is 0.272. The molecule has 0 radical (unpaired) electrons. The molecule has 0 saturated carbocycles. The first kappa shape index (κ1) is 21.9. The topological polar surface area (TPSA) is 59.6 Å². The molecule has 3 N–H and O–H groups in total. The number of nitrogens with two attached hydrogens (primary N) is 1. The van der Waals surface area contributed by atoms with Crippen molar-refractivity contribution in [1.82, 2.24) is 0 Å². The maximum Gasteiger partial charge on any atom is 0.193 e. The Bertz CT molecular complexity index is 863. The molecule has 3 aromatic rings. The number of nitrogens with zero attached hydrogens (tertiary/aromatic N) is 1. The number of nitrogens with one attached hydrogen (secondary N) is 1. The van der Waals surface area contributed by atoms with Crippen molar-refractivity contribution in [2.24, 2.45) is 10.7 Å². The van der Waals surface area contributed by atoms with E-state index in [4.69, 9.17) is 10.5 Å². The Morgan fingerprint density at radius 3 is 2.04 bits per heavy atom. The maximum atomic E-state index is 5.96. The van der Waals surface area contributed by atoms with Gasteiger partial charge in [0.2, 0.25) is 0 Å². The molecule has 0 aliphatic heterocycles. The fourth-order valence-corrected chi connectivity index (χ4v) is 2.60. The molecule has 0 aromatic heterocycles.